The molecule has 60 heavy (non-hydrogen) atoms. The van der Waals surface area contributed by atoms with Gasteiger partial charge in [-0.05, 0) is 61.4 Å². The van der Waals surface area contributed by atoms with Crippen LogP contribution in [0.1, 0.15) is 56.0 Å². The van der Waals surface area contributed by atoms with E-state index in [1.165, 1.54) is 7.11 Å². The summed E-state index contributed by atoms with van der Waals surface area (Å²) >= 11 is 0. The minimum atomic E-state index is -1.49. The molecule has 12 heteroatoms. The molecular weight excluding hydrogens is 769 g/mol. The minimum Gasteiger partial charge on any atom is -0.452 e. The summed E-state index contributed by atoms with van der Waals surface area (Å²) in [5.41, 5.74) is 2.52. The van der Waals surface area contributed by atoms with Crippen molar-refractivity contribution in [3.63, 3.8) is 0 Å². The number of carbonyl (C=O) groups excluding carboxylic acids is 3. The van der Waals surface area contributed by atoms with Crippen LogP contribution in [0.2, 0.25) is 0 Å². The van der Waals surface area contributed by atoms with Crippen LogP contribution in [0.4, 0.5) is 0 Å². The Morgan fingerprint density at radius 3 is 1.25 bits per heavy atom. The molecule has 2 aliphatic rings. The number of methoxy groups -OCH3 is 1. The van der Waals surface area contributed by atoms with Crippen molar-refractivity contribution in [3.05, 3.63) is 179 Å². The fourth-order valence-electron chi connectivity index (χ4n) is 7.21. The molecule has 0 spiro atoms. The van der Waals surface area contributed by atoms with Gasteiger partial charge in [-0.2, -0.15) is 0 Å². The third kappa shape index (κ3) is 10.5. The van der Waals surface area contributed by atoms with E-state index >= 15 is 0 Å². The maximum atomic E-state index is 14.0. The van der Waals surface area contributed by atoms with Crippen molar-refractivity contribution >= 4 is 17.9 Å². The van der Waals surface area contributed by atoms with Gasteiger partial charge in [0.1, 0.15) is 18.3 Å². The summed E-state index contributed by atoms with van der Waals surface area (Å²) in [5, 5.41) is 0. The van der Waals surface area contributed by atoms with Gasteiger partial charge in [0.15, 0.2) is 30.9 Å². The van der Waals surface area contributed by atoms with Gasteiger partial charge in [0, 0.05) is 7.11 Å². The Morgan fingerprint density at radius 2 is 0.800 bits per heavy atom. The molecule has 0 saturated carbocycles. The molecule has 0 unspecified atom stereocenters. The first kappa shape index (κ1) is 42.4. The predicted octanol–water partition coefficient (Wildman–Crippen LogP) is 7.36. The SMILES string of the molecule is CO[C@@H]1O[C@H](C)[C@@H](O[C@@H]2O[C@H](C)[C@@H](OC(=O)c3ccccc3)[C@H](OC(=O)c3ccccc3)[C@H]2OC(=O)c2ccccc2)[C@H](OCc2ccccc2)[C@H]1OCc1ccccc1. The molecular formula is C48H48O12. The van der Waals surface area contributed by atoms with Crippen LogP contribution in [-0.2, 0) is 55.8 Å². The van der Waals surface area contributed by atoms with E-state index < -0.39 is 79.3 Å². The monoisotopic (exact) mass is 816 g/mol. The summed E-state index contributed by atoms with van der Waals surface area (Å²) in [6.07, 6.45) is -10.7. The predicted molar refractivity (Wildman–Crippen MR) is 218 cm³/mol. The Kier molecular flexibility index (Phi) is 14.5. The van der Waals surface area contributed by atoms with Gasteiger partial charge in [-0.15, -0.1) is 0 Å². The average Bonchev–Trinajstić information content (AvgIpc) is 3.29. The van der Waals surface area contributed by atoms with Crippen molar-refractivity contribution in [2.75, 3.05) is 7.11 Å². The van der Waals surface area contributed by atoms with E-state index in [9.17, 15) is 14.4 Å². The molecule has 0 bridgehead atoms. The van der Waals surface area contributed by atoms with Crippen molar-refractivity contribution in [1.82, 2.24) is 0 Å². The van der Waals surface area contributed by atoms with Crippen LogP contribution >= 0.6 is 0 Å². The lowest BCUT2D eigenvalue weighted by atomic mass is 9.96. The standard InChI is InChI=1S/C48H48O12/c1-31-38(40(53-29-33-19-9-4-10-20-33)42(47(52-3)55-31)54-30-34-21-11-5-12-22-34)60-48-43(59-46(51)37-27-17-8-18-28-37)41(58-45(50)36-25-15-7-16-26-36)39(32(2)56-48)57-44(49)35-23-13-6-14-24-35/h4-28,31-32,38-43,47-48H,29-30H2,1-3H3/t31-,32-,38-,39-,40+,41+,42-,43-,47-,48+/m1/s1. The Morgan fingerprint density at radius 1 is 0.433 bits per heavy atom. The van der Waals surface area contributed by atoms with Crippen LogP contribution in [0, 0.1) is 0 Å². The normalized spacial score (nSPS) is 26.4. The summed E-state index contributed by atoms with van der Waals surface area (Å²) in [6.45, 7) is 3.86. The van der Waals surface area contributed by atoms with Gasteiger partial charge in [0.2, 0.25) is 0 Å². The minimum absolute atomic E-state index is 0.183. The number of carbonyl (C=O) groups is 3. The first-order valence-electron chi connectivity index (χ1n) is 19.9. The van der Waals surface area contributed by atoms with Gasteiger partial charge in [-0.25, -0.2) is 14.4 Å². The molecule has 2 fully saturated rings. The van der Waals surface area contributed by atoms with E-state index in [1.807, 2.05) is 60.7 Å². The molecule has 7 rings (SSSR count). The number of hydrogen-bond acceptors (Lipinski definition) is 12. The Bertz CT molecular complexity index is 2100. The van der Waals surface area contributed by atoms with Gasteiger partial charge in [-0.1, -0.05) is 115 Å². The summed E-state index contributed by atoms with van der Waals surface area (Å²) < 4.78 is 57.3. The fraction of sp³-hybridized carbons (Fsp3) is 0.312. The molecule has 0 N–H and O–H groups in total. The third-order valence-corrected chi connectivity index (χ3v) is 10.3. The van der Waals surface area contributed by atoms with Crippen LogP contribution < -0.4 is 0 Å². The number of benzene rings is 5. The zero-order valence-corrected chi connectivity index (χ0v) is 33.5. The van der Waals surface area contributed by atoms with Gasteiger partial charge in [-0.3, -0.25) is 0 Å². The Hall–Kier alpha value is -5.73. The molecule has 2 saturated heterocycles. The highest BCUT2D eigenvalue weighted by atomic mass is 16.8. The van der Waals surface area contributed by atoms with E-state index in [-0.39, 0.29) is 29.9 Å². The molecule has 10 atom stereocenters. The second kappa shape index (κ2) is 20.5. The third-order valence-electron chi connectivity index (χ3n) is 10.3. The largest absolute Gasteiger partial charge is 0.452 e. The first-order chi connectivity index (χ1) is 29.3. The van der Waals surface area contributed by atoms with Crippen molar-refractivity contribution in [2.45, 2.75) is 88.5 Å². The topological polar surface area (TPSA) is 134 Å². The lowest BCUT2D eigenvalue weighted by molar-refractivity contribution is -0.358. The van der Waals surface area contributed by atoms with Crippen LogP contribution in [0.3, 0.4) is 0 Å². The Labute approximate surface area is 349 Å². The van der Waals surface area contributed by atoms with Crippen LogP contribution in [0.5, 0.6) is 0 Å². The smallest absolute Gasteiger partial charge is 0.338 e. The van der Waals surface area contributed by atoms with Crippen molar-refractivity contribution in [3.8, 4) is 0 Å². The van der Waals surface area contributed by atoms with Crippen LogP contribution in [0.15, 0.2) is 152 Å². The van der Waals surface area contributed by atoms with Crippen molar-refractivity contribution in [2.24, 2.45) is 0 Å². The highest BCUT2D eigenvalue weighted by Gasteiger charge is 2.55. The second-order valence-electron chi connectivity index (χ2n) is 14.5. The average molecular weight is 817 g/mol. The van der Waals surface area contributed by atoms with E-state index in [4.69, 9.17) is 42.6 Å². The molecule has 5 aromatic carbocycles. The zero-order valence-electron chi connectivity index (χ0n) is 33.5. The molecule has 312 valence electrons. The second-order valence-corrected chi connectivity index (χ2v) is 14.5. The quantitative estimate of drug-likeness (QED) is 0.0773. The summed E-state index contributed by atoms with van der Waals surface area (Å²) in [5.74, 6) is -2.20. The zero-order chi connectivity index (χ0) is 41.8. The number of esters is 3. The maximum absolute atomic E-state index is 14.0. The maximum Gasteiger partial charge on any atom is 0.338 e. The van der Waals surface area contributed by atoms with Gasteiger partial charge >= 0.3 is 17.9 Å². The molecule has 12 nitrogen and oxygen atoms in total. The molecule has 0 aliphatic carbocycles. The first-order valence-corrected chi connectivity index (χ1v) is 19.9. The number of rotatable bonds is 15. The van der Waals surface area contributed by atoms with Crippen molar-refractivity contribution in [1.29, 1.82) is 0 Å². The fourth-order valence-corrected chi connectivity index (χ4v) is 7.21. The summed E-state index contributed by atoms with van der Waals surface area (Å²) in [7, 11) is 1.53. The van der Waals surface area contributed by atoms with E-state index in [0.29, 0.717) is 0 Å². The van der Waals surface area contributed by atoms with Crippen LogP contribution in [0.25, 0.3) is 0 Å². The highest BCUT2D eigenvalue weighted by molar-refractivity contribution is 5.91. The van der Waals surface area contributed by atoms with E-state index in [1.54, 1.807) is 105 Å². The van der Waals surface area contributed by atoms with Gasteiger partial charge < -0.3 is 42.6 Å². The molecule has 0 aromatic heterocycles. The number of hydrogen-bond donors (Lipinski definition) is 0. The summed E-state index contributed by atoms with van der Waals surface area (Å²) in [4.78, 5) is 41.5. The molecule has 2 heterocycles. The molecule has 0 amide bonds. The summed E-state index contributed by atoms with van der Waals surface area (Å²) in [6, 6.07) is 44.3. The van der Waals surface area contributed by atoms with Crippen LogP contribution in [-0.4, -0.2) is 86.4 Å². The van der Waals surface area contributed by atoms with E-state index in [0.717, 1.165) is 11.1 Å². The molecule has 5 aromatic rings. The lowest BCUT2D eigenvalue weighted by Gasteiger charge is -2.48. The van der Waals surface area contributed by atoms with E-state index in [2.05, 4.69) is 0 Å². The Balaban J connectivity index is 1.26. The number of ether oxygens (including phenoxy) is 9. The lowest BCUT2D eigenvalue weighted by Crippen LogP contribution is -2.65. The molecule has 2 aliphatic heterocycles. The molecule has 0 radical (unpaired) electrons. The van der Waals surface area contributed by atoms with Crippen molar-refractivity contribution < 1.29 is 57.0 Å². The van der Waals surface area contributed by atoms with Gasteiger partial charge in [0.05, 0.1) is 42.1 Å². The van der Waals surface area contributed by atoms with Gasteiger partial charge in [0.25, 0.3) is 0 Å². The highest BCUT2D eigenvalue weighted by Crippen LogP contribution is 2.36.